The Labute approximate surface area is 270 Å². The number of carbonyl (C=O) groups excluding carboxylic acids is 4. The van der Waals surface area contributed by atoms with E-state index in [1.165, 1.54) is 6.92 Å². The van der Waals surface area contributed by atoms with E-state index in [0.29, 0.717) is 5.56 Å². The van der Waals surface area contributed by atoms with Crippen LogP contribution in [0.25, 0.3) is 11.1 Å². The van der Waals surface area contributed by atoms with E-state index < -0.39 is 73.5 Å². The smallest absolute Gasteiger partial charge is 0.407 e. The topological polar surface area (TPSA) is 193 Å². The van der Waals surface area contributed by atoms with Gasteiger partial charge in [-0.05, 0) is 27.8 Å². The number of aliphatic hydroxyl groups excluding tert-OH is 3. The van der Waals surface area contributed by atoms with Crippen LogP contribution in [-0.2, 0) is 35.2 Å². The number of benzene rings is 3. The zero-order valence-corrected chi connectivity index (χ0v) is 25.6. The summed E-state index contributed by atoms with van der Waals surface area (Å²) in [7, 11) is 0. The van der Waals surface area contributed by atoms with Crippen LogP contribution in [0.15, 0.2) is 78.9 Å². The minimum Gasteiger partial charge on any atom is -0.459 e. The Kier molecular flexibility index (Phi) is 10.8. The van der Waals surface area contributed by atoms with E-state index in [1.54, 1.807) is 30.3 Å². The van der Waals surface area contributed by atoms with Crippen molar-refractivity contribution < 1.29 is 48.7 Å². The third kappa shape index (κ3) is 7.95. The lowest BCUT2D eigenvalue weighted by Gasteiger charge is -2.42. The number of amides is 3. The summed E-state index contributed by atoms with van der Waals surface area (Å²) in [5.74, 6) is -2.56. The Balaban J connectivity index is 1.27. The number of hydrogen-bond acceptors (Lipinski definition) is 10. The van der Waals surface area contributed by atoms with Gasteiger partial charge in [0.2, 0.25) is 11.8 Å². The van der Waals surface area contributed by atoms with Gasteiger partial charge in [-0.3, -0.25) is 9.59 Å². The number of esters is 1. The maximum absolute atomic E-state index is 13.2. The summed E-state index contributed by atoms with van der Waals surface area (Å²) in [5.41, 5.74) is 4.75. The van der Waals surface area contributed by atoms with Crippen molar-refractivity contribution in [1.82, 2.24) is 16.0 Å². The highest BCUT2D eigenvalue weighted by atomic mass is 16.6. The lowest BCUT2D eigenvalue weighted by molar-refractivity contribution is -0.203. The van der Waals surface area contributed by atoms with Crippen LogP contribution in [0.5, 0.6) is 0 Å². The summed E-state index contributed by atoms with van der Waals surface area (Å²) in [6.07, 6.45) is -7.40. The summed E-state index contributed by atoms with van der Waals surface area (Å²) >= 11 is 0. The van der Waals surface area contributed by atoms with Crippen LogP contribution < -0.4 is 16.0 Å². The molecular weight excluding hydrogens is 610 g/mol. The highest BCUT2D eigenvalue weighted by Gasteiger charge is 2.45. The van der Waals surface area contributed by atoms with Crippen molar-refractivity contribution in [3.05, 3.63) is 95.6 Å². The predicted molar refractivity (Wildman–Crippen MR) is 166 cm³/mol. The molecule has 0 saturated carbocycles. The Bertz CT molecular complexity index is 1540. The van der Waals surface area contributed by atoms with Crippen molar-refractivity contribution in [3.63, 3.8) is 0 Å². The van der Waals surface area contributed by atoms with Crippen molar-refractivity contribution in [2.75, 3.05) is 13.2 Å². The van der Waals surface area contributed by atoms with Crippen LogP contribution in [0.3, 0.4) is 0 Å². The van der Waals surface area contributed by atoms with Gasteiger partial charge in [0.05, 0.1) is 13.0 Å². The van der Waals surface area contributed by atoms with E-state index in [-0.39, 0.29) is 19.1 Å². The number of rotatable bonds is 11. The average Bonchev–Trinajstić information content (AvgIpc) is 3.39. The number of hydrogen-bond donors (Lipinski definition) is 6. The molecule has 0 aromatic heterocycles. The third-order valence-electron chi connectivity index (χ3n) is 8.13. The Morgan fingerprint density at radius 2 is 1.45 bits per heavy atom. The van der Waals surface area contributed by atoms with Gasteiger partial charge in [-0.1, -0.05) is 78.9 Å². The summed E-state index contributed by atoms with van der Waals surface area (Å²) in [6.45, 7) is 0.333. The molecule has 1 aliphatic heterocycles. The number of aliphatic hydroxyl groups is 3. The Morgan fingerprint density at radius 3 is 2.06 bits per heavy atom. The minimum absolute atomic E-state index is 0.0328. The molecule has 3 amide bonds. The molecule has 0 spiro atoms. The van der Waals surface area contributed by atoms with Crippen molar-refractivity contribution >= 4 is 23.9 Å². The maximum atomic E-state index is 13.2. The predicted octanol–water partition coefficient (Wildman–Crippen LogP) is 1.09. The largest absolute Gasteiger partial charge is 0.459 e. The van der Waals surface area contributed by atoms with Gasteiger partial charge < -0.3 is 45.5 Å². The minimum atomic E-state index is -1.60. The molecule has 0 unspecified atom stereocenters. The van der Waals surface area contributed by atoms with Crippen LogP contribution in [0, 0.1) is 0 Å². The first-order valence-electron chi connectivity index (χ1n) is 15.2. The van der Waals surface area contributed by atoms with Crippen LogP contribution >= 0.6 is 0 Å². The molecule has 3 aromatic carbocycles. The number of alkyl carbamates (subject to hydrolysis) is 1. The second kappa shape index (κ2) is 15.2. The van der Waals surface area contributed by atoms with Gasteiger partial charge in [-0.25, -0.2) is 9.59 Å². The molecule has 1 heterocycles. The van der Waals surface area contributed by atoms with E-state index in [1.807, 2.05) is 48.5 Å². The molecule has 47 heavy (non-hydrogen) atoms. The molecule has 1 aliphatic carbocycles. The second-order valence-corrected chi connectivity index (χ2v) is 11.4. The van der Waals surface area contributed by atoms with E-state index in [2.05, 4.69) is 16.0 Å². The van der Waals surface area contributed by atoms with Gasteiger partial charge in [0.25, 0.3) is 0 Å². The Hall–Kier alpha value is -4.82. The zero-order valence-electron chi connectivity index (χ0n) is 25.6. The fraction of sp³-hybridized carbons (Fsp3) is 0.353. The van der Waals surface area contributed by atoms with E-state index in [0.717, 1.165) is 22.3 Å². The number of carbonyl (C=O) groups is 4. The van der Waals surface area contributed by atoms with Crippen molar-refractivity contribution in [2.24, 2.45) is 0 Å². The molecule has 13 nitrogen and oxygen atoms in total. The van der Waals surface area contributed by atoms with Crippen molar-refractivity contribution in [1.29, 1.82) is 0 Å². The highest BCUT2D eigenvalue weighted by molar-refractivity contribution is 5.88. The van der Waals surface area contributed by atoms with Gasteiger partial charge in [0, 0.05) is 12.8 Å². The molecule has 6 atom stereocenters. The van der Waals surface area contributed by atoms with Gasteiger partial charge in [-0.15, -0.1) is 0 Å². The quantitative estimate of drug-likeness (QED) is 0.164. The summed E-state index contributed by atoms with van der Waals surface area (Å²) in [6, 6.07) is 21.7. The van der Waals surface area contributed by atoms with E-state index >= 15 is 0 Å². The lowest BCUT2D eigenvalue weighted by atomic mass is 9.95. The van der Waals surface area contributed by atoms with Gasteiger partial charge in [-0.2, -0.15) is 0 Å². The van der Waals surface area contributed by atoms with Crippen LogP contribution in [-0.4, -0.2) is 89.0 Å². The lowest BCUT2D eigenvalue weighted by Crippen LogP contribution is -2.68. The first-order chi connectivity index (χ1) is 22.7. The molecule has 3 aromatic rings. The Morgan fingerprint density at radius 1 is 0.830 bits per heavy atom. The van der Waals surface area contributed by atoms with E-state index in [4.69, 9.17) is 14.2 Å². The number of nitrogens with one attached hydrogen (secondary N) is 3. The van der Waals surface area contributed by atoms with Crippen molar-refractivity contribution in [3.8, 4) is 11.1 Å². The SMILES string of the molecule is CC(=O)N[C@@H]1[C@@H](O)[C@H](O)[C@@H](CO)O[C@H]1NC(=O)C[C@H](NC(=O)OCC1c2ccccc2-c2ccccc21)C(=O)OCc1ccccc1. The molecule has 0 bridgehead atoms. The first-order valence-corrected chi connectivity index (χ1v) is 15.2. The monoisotopic (exact) mass is 647 g/mol. The molecule has 248 valence electrons. The van der Waals surface area contributed by atoms with Crippen molar-refractivity contribution in [2.45, 2.75) is 62.5 Å². The molecular formula is C34H37N3O10. The van der Waals surface area contributed by atoms with Gasteiger partial charge in [0.15, 0.2) is 6.23 Å². The van der Waals surface area contributed by atoms with Gasteiger partial charge in [0.1, 0.15) is 43.6 Å². The first kappa shape index (κ1) is 33.5. The standard InChI is InChI=1S/C34H37N3O10/c1-19(39)35-29-31(42)30(41)27(16-38)47-32(29)37-28(40)15-26(33(43)45-17-20-9-3-2-4-10-20)36-34(44)46-18-25-23-13-7-5-11-21(23)22-12-6-8-14-24(22)25/h2-14,25-27,29-32,38,41-42H,15-18H2,1H3,(H,35,39)(H,36,44)(H,37,40)/t26-,27+,29+,30+,31+,32+/m0/s1. The van der Waals surface area contributed by atoms with E-state index in [9.17, 15) is 34.5 Å². The highest BCUT2D eigenvalue weighted by Crippen LogP contribution is 2.44. The molecule has 0 radical (unpaired) electrons. The fourth-order valence-corrected chi connectivity index (χ4v) is 5.84. The summed E-state index contributed by atoms with van der Waals surface area (Å²) in [5, 5.41) is 37.7. The summed E-state index contributed by atoms with van der Waals surface area (Å²) < 4.78 is 16.5. The molecule has 13 heteroatoms. The number of ether oxygens (including phenoxy) is 3. The molecule has 5 rings (SSSR count). The molecule has 1 saturated heterocycles. The third-order valence-corrected chi connectivity index (χ3v) is 8.13. The van der Waals surface area contributed by atoms with Crippen LogP contribution in [0.4, 0.5) is 4.79 Å². The van der Waals surface area contributed by atoms with Crippen LogP contribution in [0.1, 0.15) is 36.0 Å². The normalized spacial score (nSPS) is 22.3. The maximum Gasteiger partial charge on any atom is 0.407 e. The van der Waals surface area contributed by atoms with Crippen LogP contribution in [0.2, 0.25) is 0 Å². The van der Waals surface area contributed by atoms with Gasteiger partial charge >= 0.3 is 12.1 Å². The molecule has 2 aliphatic rings. The molecule has 6 N–H and O–H groups in total. The fourth-order valence-electron chi connectivity index (χ4n) is 5.84. The zero-order chi connectivity index (χ0) is 33.5. The second-order valence-electron chi connectivity index (χ2n) is 11.4. The average molecular weight is 648 g/mol. The number of fused-ring (bicyclic) bond motifs is 3. The molecule has 1 fully saturated rings. The summed E-state index contributed by atoms with van der Waals surface area (Å²) in [4.78, 5) is 51.3.